The molecule has 0 saturated heterocycles. The van der Waals surface area contributed by atoms with Gasteiger partial charge in [0.25, 0.3) is 0 Å². The van der Waals surface area contributed by atoms with E-state index in [0.717, 1.165) is 31.7 Å². The van der Waals surface area contributed by atoms with Gasteiger partial charge in [0, 0.05) is 17.7 Å². The number of fused-ring (bicyclic) bond motifs is 1. The smallest absolute Gasteiger partial charge is 0.507 e. The summed E-state index contributed by atoms with van der Waals surface area (Å²) in [7, 11) is -1.98. The van der Waals surface area contributed by atoms with Crippen LogP contribution in [0.15, 0.2) is 18.2 Å². The maximum Gasteiger partial charge on any atom is 0.573 e. The fourth-order valence-electron chi connectivity index (χ4n) is 4.87. The van der Waals surface area contributed by atoms with Gasteiger partial charge in [0.2, 0.25) is 0 Å². The van der Waals surface area contributed by atoms with Crippen molar-refractivity contribution in [2.24, 2.45) is 0 Å². The number of hydrogen-bond donors (Lipinski definition) is 1. The Balaban J connectivity index is 1.63. The predicted octanol–water partition coefficient (Wildman–Crippen LogP) is 6.59. The quantitative estimate of drug-likeness (QED) is 0.430. The number of halogens is 3. The zero-order valence-corrected chi connectivity index (χ0v) is 23.3. The normalized spacial score (nSPS) is 20.8. The van der Waals surface area contributed by atoms with Gasteiger partial charge in [-0.3, -0.25) is 0 Å². The number of aromatic hydroxyl groups is 1. The lowest BCUT2D eigenvalue weighted by molar-refractivity contribution is -0.274. The number of phenolic OH excluding ortho intramolecular Hbond substituents is 1. The van der Waals surface area contributed by atoms with Crippen molar-refractivity contribution < 1.29 is 32.2 Å². The summed E-state index contributed by atoms with van der Waals surface area (Å²) in [5.74, 6) is 0.281. The SMILES string of the molecule is Cc1cc(OC(F)(F)F)cc(O)c1-c1cc2c(nn1)N([C@@H]1CCCC[C@H]1O[Si](C)(C)C(C)(C)C)CCO2. The molecule has 1 aliphatic heterocycles. The minimum Gasteiger partial charge on any atom is -0.507 e. The van der Waals surface area contributed by atoms with Crippen molar-refractivity contribution in [1.82, 2.24) is 10.2 Å². The Morgan fingerprint density at radius 2 is 1.78 bits per heavy atom. The molecule has 2 atom stereocenters. The van der Waals surface area contributed by atoms with Crippen LogP contribution in [0.1, 0.15) is 52.0 Å². The van der Waals surface area contributed by atoms with Crippen molar-refractivity contribution in [3.63, 3.8) is 0 Å². The van der Waals surface area contributed by atoms with Crippen LogP contribution in [0.25, 0.3) is 11.3 Å². The standard InChI is InChI=1S/C26H36F3N3O4Si/c1-16-13-17(35-26(27,28)29)14-20(33)23(16)18-15-22-24(31-30-18)32(11-12-34-22)19-9-7-8-10-21(19)36-37(5,6)25(2,3)4/h13-15,19,21,33H,7-12H2,1-6H3/t19-,21-/m1/s1. The van der Waals surface area contributed by atoms with E-state index < -0.39 is 20.4 Å². The van der Waals surface area contributed by atoms with Crippen LogP contribution in [0.2, 0.25) is 18.1 Å². The number of alkyl halides is 3. The average molecular weight is 540 g/mol. The van der Waals surface area contributed by atoms with Gasteiger partial charge in [-0.15, -0.1) is 23.4 Å². The lowest BCUT2D eigenvalue weighted by Crippen LogP contribution is -2.54. The van der Waals surface area contributed by atoms with Crippen LogP contribution in [0.3, 0.4) is 0 Å². The van der Waals surface area contributed by atoms with E-state index in [9.17, 15) is 18.3 Å². The number of anilines is 1. The molecule has 7 nitrogen and oxygen atoms in total. The summed E-state index contributed by atoms with van der Waals surface area (Å²) in [5.41, 5.74) is 0.963. The van der Waals surface area contributed by atoms with Gasteiger partial charge in [0.05, 0.1) is 18.7 Å². The molecular weight excluding hydrogens is 503 g/mol. The molecule has 1 aliphatic carbocycles. The predicted molar refractivity (Wildman–Crippen MR) is 138 cm³/mol. The van der Waals surface area contributed by atoms with E-state index in [0.29, 0.717) is 36.0 Å². The van der Waals surface area contributed by atoms with Crippen molar-refractivity contribution >= 4 is 14.1 Å². The Kier molecular flexibility index (Phi) is 7.41. The second-order valence-corrected chi connectivity index (χ2v) is 16.2. The topological polar surface area (TPSA) is 76.9 Å². The molecule has 4 rings (SSSR count). The number of phenols is 1. The van der Waals surface area contributed by atoms with Gasteiger partial charge in [0.15, 0.2) is 19.9 Å². The summed E-state index contributed by atoms with van der Waals surface area (Å²) in [6.45, 7) is 14.0. The summed E-state index contributed by atoms with van der Waals surface area (Å²) < 4.78 is 54.7. The van der Waals surface area contributed by atoms with E-state index in [1.165, 1.54) is 6.07 Å². The van der Waals surface area contributed by atoms with E-state index in [-0.39, 0.29) is 28.5 Å². The van der Waals surface area contributed by atoms with E-state index in [2.05, 4.69) is 53.7 Å². The molecule has 1 aromatic carbocycles. The molecule has 0 amide bonds. The van der Waals surface area contributed by atoms with Crippen LogP contribution in [0.4, 0.5) is 19.0 Å². The minimum absolute atomic E-state index is 0.0922. The number of nitrogens with zero attached hydrogens (tertiary/aromatic N) is 3. The Hall–Kier alpha value is -2.53. The average Bonchev–Trinajstić information content (AvgIpc) is 2.76. The highest BCUT2D eigenvalue weighted by Gasteiger charge is 2.43. The molecule has 11 heteroatoms. The third-order valence-corrected chi connectivity index (χ3v) is 12.2. The van der Waals surface area contributed by atoms with Gasteiger partial charge < -0.3 is 23.9 Å². The monoisotopic (exact) mass is 539 g/mol. The maximum absolute atomic E-state index is 12.6. The summed E-state index contributed by atoms with van der Waals surface area (Å²) in [6.07, 6.45) is -0.537. The Morgan fingerprint density at radius 1 is 1.08 bits per heavy atom. The number of aromatic nitrogens is 2. The van der Waals surface area contributed by atoms with Gasteiger partial charge in [-0.25, -0.2) is 0 Å². The first-order valence-corrected chi connectivity index (χ1v) is 15.6. The fraction of sp³-hybridized carbons (Fsp3) is 0.615. The molecule has 1 N–H and O–H groups in total. The molecule has 2 aliphatic rings. The molecule has 0 bridgehead atoms. The molecule has 2 aromatic rings. The van der Waals surface area contributed by atoms with E-state index in [4.69, 9.17) is 9.16 Å². The van der Waals surface area contributed by atoms with Gasteiger partial charge in [0.1, 0.15) is 23.8 Å². The highest BCUT2D eigenvalue weighted by Crippen LogP contribution is 2.43. The largest absolute Gasteiger partial charge is 0.573 e. The van der Waals surface area contributed by atoms with Crippen LogP contribution in [-0.4, -0.2) is 55.3 Å². The molecule has 0 radical (unpaired) electrons. The first-order valence-electron chi connectivity index (χ1n) is 12.7. The summed E-state index contributed by atoms with van der Waals surface area (Å²) in [4.78, 5) is 2.24. The molecule has 1 fully saturated rings. The minimum atomic E-state index is -4.85. The summed E-state index contributed by atoms with van der Waals surface area (Å²) in [5, 5.41) is 19.4. The Morgan fingerprint density at radius 3 is 2.43 bits per heavy atom. The maximum atomic E-state index is 12.6. The number of rotatable bonds is 5. The van der Waals surface area contributed by atoms with Gasteiger partial charge in [-0.1, -0.05) is 33.6 Å². The molecule has 1 saturated carbocycles. The molecule has 0 unspecified atom stereocenters. The molecule has 0 spiro atoms. The Bertz CT molecular complexity index is 1110. The number of benzene rings is 1. The fourth-order valence-corrected chi connectivity index (χ4v) is 6.25. The van der Waals surface area contributed by atoms with Crippen molar-refractivity contribution in [1.29, 1.82) is 0 Å². The third kappa shape index (κ3) is 5.98. The van der Waals surface area contributed by atoms with Gasteiger partial charge >= 0.3 is 6.36 Å². The number of hydrogen-bond acceptors (Lipinski definition) is 7. The number of aryl methyl sites for hydroxylation is 1. The molecule has 1 aromatic heterocycles. The van der Waals surface area contributed by atoms with E-state index >= 15 is 0 Å². The highest BCUT2D eigenvalue weighted by molar-refractivity contribution is 6.74. The van der Waals surface area contributed by atoms with Crippen LogP contribution in [-0.2, 0) is 4.43 Å². The summed E-state index contributed by atoms with van der Waals surface area (Å²) >= 11 is 0. The zero-order valence-electron chi connectivity index (χ0n) is 22.3. The van der Waals surface area contributed by atoms with Crippen molar-refractivity contribution in [2.75, 3.05) is 18.1 Å². The van der Waals surface area contributed by atoms with Crippen LogP contribution in [0.5, 0.6) is 17.2 Å². The first kappa shape index (κ1) is 27.5. The molecule has 204 valence electrons. The number of ether oxygens (including phenoxy) is 2. The second kappa shape index (κ2) is 9.98. The van der Waals surface area contributed by atoms with Crippen molar-refractivity contribution in [2.45, 2.75) is 90.0 Å². The van der Waals surface area contributed by atoms with Crippen LogP contribution < -0.4 is 14.4 Å². The lowest BCUT2D eigenvalue weighted by atomic mass is 9.91. The van der Waals surface area contributed by atoms with Crippen molar-refractivity contribution in [3.05, 3.63) is 23.8 Å². The van der Waals surface area contributed by atoms with Crippen LogP contribution >= 0.6 is 0 Å². The van der Waals surface area contributed by atoms with E-state index in [1.807, 2.05) is 0 Å². The van der Waals surface area contributed by atoms with Gasteiger partial charge in [-0.2, -0.15) is 0 Å². The third-order valence-electron chi connectivity index (χ3n) is 7.70. The van der Waals surface area contributed by atoms with Crippen molar-refractivity contribution in [3.8, 4) is 28.5 Å². The lowest BCUT2D eigenvalue weighted by Gasteiger charge is -2.47. The summed E-state index contributed by atoms with van der Waals surface area (Å²) in [6, 6.07) is 3.98. The Labute approximate surface area is 217 Å². The second-order valence-electron chi connectivity index (χ2n) is 11.4. The zero-order chi connectivity index (χ0) is 27.2. The first-order chi connectivity index (χ1) is 17.2. The molecule has 37 heavy (non-hydrogen) atoms. The van der Waals surface area contributed by atoms with Gasteiger partial charge in [-0.05, 0) is 49.5 Å². The van der Waals surface area contributed by atoms with E-state index in [1.54, 1.807) is 13.0 Å². The molecule has 2 heterocycles. The highest BCUT2D eigenvalue weighted by atomic mass is 28.4. The van der Waals surface area contributed by atoms with Crippen LogP contribution in [0, 0.1) is 6.92 Å². The molecular formula is C26H36F3N3O4Si.